The Kier molecular flexibility index (Phi) is 6.67. The summed E-state index contributed by atoms with van der Waals surface area (Å²) in [6.07, 6.45) is 5.62. The number of hydrogen-bond acceptors (Lipinski definition) is 0. The maximum absolute atomic E-state index is 2.56. The third kappa shape index (κ3) is 4.35. The molecule has 7 aromatic carbocycles. The van der Waals surface area contributed by atoms with Gasteiger partial charge < -0.3 is 9.13 Å². The van der Waals surface area contributed by atoms with E-state index in [1.807, 2.05) is 0 Å². The fourth-order valence-corrected chi connectivity index (χ4v) is 8.41. The van der Waals surface area contributed by atoms with Crippen molar-refractivity contribution in [2.45, 2.75) is 12.3 Å². The average Bonchev–Trinajstić information content (AvgIpc) is 3.71. The van der Waals surface area contributed by atoms with E-state index in [1.165, 1.54) is 82.8 Å². The number of rotatable bonds is 5. The first-order valence-electron chi connectivity index (χ1n) is 17.5. The van der Waals surface area contributed by atoms with E-state index in [-0.39, 0.29) is 5.92 Å². The van der Waals surface area contributed by atoms with Gasteiger partial charge in [0.25, 0.3) is 0 Å². The van der Waals surface area contributed by atoms with Crippen molar-refractivity contribution in [1.82, 2.24) is 9.13 Å². The Morgan fingerprint density at radius 1 is 0.400 bits per heavy atom. The van der Waals surface area contributed by atoms with Gasteiger partial charge in [-0.25, -0.2) is 0 Å². The van der Waals surface area contributed by atoms with Gasteiger partial charge >= 0.3 is 0 Å². The highest BCUT2D eigenvalue weighted by Gasteiger charge is 2.31. The van der Waals surface area contributed by atoms with Crippen molar-refractivity contribution in [3.63, 3.8) is 0 Å². The lowest BCUT2D eigenvalue weighted by atomic mass is 9.81. The Morgan fingerprint density at radius 2 is 0.860 bits per heavy atom. The molecule has 50 heavy (non-hydrogen) atoms. The van der Waals surface area contributed by atoms with Gasteiger partial charge in [-0.1, -0.05) is 164 Å². The standard InChI is InChI=1S/C48H34N2/c1-3-17-33(18-4-1)35-25-15-27-41(47(35)49-43-29-11-7-21-37(43)38-22-8-12-30-44(38)49)42-28-16-26-36(34-19-5-2-6-20-34)48(42)50-45-31-13-9-23-39(45)40-24-10-14-32-46(40)50/h1-27,29-32,42H,28H2. The molecule has 9 aromatic rings. The highest BCUT2D eigenvalue weighted by molar-refractivity contribution is 6.13. The van der Waals surface area contributed by atoms with Crippen LogP contribution in [-0.2, 0) is 0 Å². The van der Waals surface area contributed by atoms with Crippen molar-refractivity contribution in [2.24, 2.45) is 0 Å². The molecule has 0 bridgehead atoms. The summed E-state index contributed by atoms with van der Waals surface area (Å²) in [5, 5.41) is 5.08. The Hall–Kier alpha value is -6.38. The molecule has 1 aliphatic rings. The van der Waals surface area contributed by atoms with Crippen molar-refractivity contribution < 1.29 is 0 Å². The van der Waals surface area contributed by atoms with E-state index < -0.39 is 0 Å². The summed E-state index contributed by atoms with van der Waals surface area (Å²) in [7, 11) is 0. The zero-order chi connectivity index (χ0) is 33.0. The number of benzene rings is 7. The zero-order valence-electron chi connectivity index (χ0n) is 27.6. The molecule has 2 heteroatoms. The maximum Gasteiger partial charge on any atom is 0.0579 e. The summed E-state index contributed by atoms with van der Waals surface area (Å²) in [6.45, 7) is 0. The highest BCUT2D eigenvalue weighted by atomic mass is 15.0. The number of para-hydroxylation sites is 5. The van der Waals surface area contributed by atoms with Gasteiger partial charge in [0.1, 0.15) is 0 Å². The lowest BCUT2D eigenvalue weighted by Crippen LogP contribution is -2.15. The molecule has 0 saturated heterocycles. The van der Waals surface area contributed by atoms with Crippen LogP contribution in [0.5, 0.6) is 0 Å². The van der Waals surface area contributed by atoms with Crippen LogP contribution in [0.15, 0.2) is 188 Å². The van der Waals surface area contributed by atoms with E-state index in [4.69, 9.17) is 0 Å². The molecular formula is C48H34N2. The first-order chi connectivity index (χ1) is 24.9. The number of allylic oxidation sites excluding steroid dienone is 4. The molecule has 0 N–H and O–H groups in total. The van der Waals surface area contributed by atoms with Crippen LogP contribution in [0.25, 0.3) is 71.7 Å². The molecule has 1 atom stereocenters. The molecule has 0 spiro atoms. The average molecular weight is 639 g/mol. The summed E-state index contributed by atoms with van der Waals surface area (Å²) in [5.74, 6) is 0.0630. The topological polar surface area (TPSA) is 9.86 Å². The van der Waals surface area contributed by atoms with Crippen molar-refractivity contribution in [3.05, 3.63) is 199 Å². The fraction of sp³-hybridized carbons (Fsp3) is 0.0417. The molecule has 2 heterocycles. The molecule has 1 aliphatic carbocycles. The first-order valence-corrected chi connectivity index (χ1v) is 17.5. The third-order valence-electron chi connectivity index (χ3n) is 10.5. The molecule has 0 saturated carbocycles. The van der Waals surface area contributed by atoms with Crippen molar-refractivity contribution in [3.8, 4) is 16.8 Å². The smallest absolute Gasteiger partial charge is 0.0579 e. The molecule has 10 rings (SSSR count). The van der Waals surface area contributed by atoms with Gasteiger partial charge in [-0.3, -0.25) is 0 Å². The minimum absolute atomic E-state index is 0.0630. The minimum atomic E-state index is 0.0630. The van der Waals surface area contributed by atoms with Crippen LogP contribution in [0.1, 0.15) is 23.5 Å². The monoisotopic (exact) mass is 638 g/mol. The van der Waals surface area contributed by atoms with Crippen molar-refractivity contribution >= 4 is 54.9 Å². The predicted octanol–water partition coefficient (Wildman–Crippen LogP) is 12.7. The molecule has 0 radical (unpaired) electrons. The molecule has 0 amide bonds. The number of hydrogen-bond donors (Lipinski definition) is 0. The van der Waals surface area contributed by atoms with Gasteiger partial charge in [-0.2, -0.15) is 0 Å². The quantitative estimate of drug-likeness (QED) is 0.178. The Bertz CT molecular complexity index is 2670. The van der Waals surface area contributed by atoms with E-state index in [9.17, 15) is 0 Å². The van der Waals surface area contributed by atoms with Crippen molar-refractivity contribution in [1.29, 1.82) is 0 Å². The van der Waals surface area contributed by atoms with Crippen LogP contribution in [0.3, 0.4) is 0 Å². The van der Waals surface area contributed by atoms with Crippen LogP contribution >= 0.6 is 0 Å². The Labute approximate surface area is 291 Å². The van der Waals surface area contributed by atoms with E-state index in [0.29, 0.717) is 0 Å². The predicted molar refractivity (Wildman–Crippen MR) is 212 cm³/mol. The van der Waals surface area contributed by atoms with Gasteiger partial charge in [0.15, 0.2) is 0 Å². The lowest BCUT2D eigenvalue weighted by molar-refractivity contribution is 0.826. The second-order valence-corrected chi connectivity index (χ2v) is 13.2. The number of fused-ring (bicyclic) bond motifs is 6. The summed E-state index contributed by atoms with van der Waals surface area (Å²) >= 11 is 0. The summed E-state index contributed by atoms with van der Waals surface area (Å²) in [4.78, 5) is 0. The van der Waals surface area contributed by atoms with E-state index >= 15 is 0 Å². The van der Waals surface area contributed by atoms with Gasteiger partial charge in [0, 0.05) is 44.3 Å². The Balaban J connectivity index is 1.36. The maximum atomic E-state index is 2.56. The number of nitrogens with zero attached hydrogens (tertiary/aromatic N) is 2. The zero-order valence-corrected chi connectivity index (χ0v) is 27.6. The first kappa shape index (κ1) is 28.6. The van der Waals surface area contributed by atoms with Gasteiger partial charge in [-0.15, -0.1) is 0 Å². The second-order valence-electron chi connectivity index (χ2n) is 13.2. The van der Waals surface area contributed by atoms with Crippen LogP contribution < -0.4 is 0 Å². The van der Waals surface area contributed by atoms with Crippen LogP contribution in [0, 0.1) is 0 Å². The fourth-order valence-electron chi connectivity index (χ4n) is 8.41. The van der Waals surface area contributed by atoms with Crippen molar-refractivity contribution in [2.75, 3.05) is 0 Å². The SMILES string of the molecule is C1=CC(c2ccccc2)=C(n2c3ccccc3c3ccccc32)C(c2cccc(-c3ccccc3)c2-n2c3ccccc3c3ccccc32)C1. The highest BCUT2D eigenvalue weighted by Crippen LogP contribution is 2.49. The van der Waals surface area contributed by atoms with Gasteiger partial charge in [0.2, 0.25) is 0 Å². The lowest BCUT2D eigenvalue weighted by Gasteiger charge is -2.31. The Morgan fingerprint density at radius 3 is 1.40 bits per heavy atom. The normalized spacial score (nSPS) is 14.8. The second kappa shape index (κ2) is 11.6. The molecule has 236 valence electrons. The van der Waals surface area contributed by atoms with E-state index in [2.05, 4.69) is 197 Å². The summed E-state index contributed by atoms with van der Waals surface area (Å²) in [6, 6.07) is 64.3. The van der Waals surface area contributed by atoms with Gasteiger partial charge in [-0.05, 0) is 47.4 Å². The summed E-state index contributed by atoms with van der Waals surface area (Å²) in [5.41, 5.74) is 13.7. The van der Waals surface area contributed by atoms with Gasteiger partial charge in [0.05, 0.1) is 27.8 Å². The molecule has 2 nitrogen and oxygen atoms in total. The van der Waals surface area contributed by atoms with Crippen LogP contribution in [0.4, 0.5) is 0 Å². The minimum Gasteiger partial charge on any atom is -0.312 e. The molecule has 0 fully saturated rings. The summed E-state index contributed by atoms with van der Waals surface area (Å²) < 4.78 is 5.10. The molecule has 1 unspecified atom stereocenters. The van der Waals surface area contributed by atoms with E-state index in [0.717, 1.165) is 6.42 Å². The van der Waals surface area contributed by atoms with Crippen LogP contribution in [0.2, 0.25) is 0 Å². The molecule has 2 aromatic heterocycles. The molecular weight excluding hydrogens is 605 g/mol. The van der Waals surface area contributed by atoms with Crippen LogP contribution in [-0.4, -0.2) is 9.13 Å². The molecule has 0 aliphatic heterocycles. The van der Waals surface area contributed by atoms with E-state index in [1.54, 1.807) is 0 Å². The number of aromatic nitrogens is 2. The third-order valence-corrected chi connectivity index (χ3v) is 10.5. The largest absolute Gasteiger partial charge is 0.312 e.